The molecule has 1 atom stereocenters. The van der Waals surface area contributed by atoms with Crippen LogP contribution >= 0.6 is 11.6 Å². The van der Waals surface area contributed by atoms with Crippen LogP contribution in [-0.2, 0) is 4.79 Å². The minimum atomic E-state index is -0.123. The van der Waals surface area contributed by atoms with Gasteiger partial charge in [0.05, 0.1) is 38.5 Å². The standard InChI is InChI=1S/C22H28ClN3O2/c1-4-28-21-11-6-5-10-20(21)26-14-12-25(13-15-26)17(3)22(27)24-19-9-7-8-18(23)16(19)2/h5-11,17H,4,12-15H2,1-3H3,(H,24,27)/p+1/t17-/m1/s1. The molecule has 1 heterocycles. The van der Waals surface area contributed by atoms with Crippen LogP contribution < -0.4 is 19.9 Å². The molecule has 0 radical (unpaired) electrons. The molecule has 0 bridgehead atoms. The SMILES string of the molecule is CCOc1ccccc1N1CC[NH+]([C@H](C)C(=O)Nc2cccc(Cl)c2C)CC1. The molecule has 0 spiro atoms. The minimum absolute atomic E-state index is 0.0310. The van der Waals surface area contributed by atoms with E-state index in [0.717, 1.165) is 48.9 Å². The maximum Gasteiger partial charge on any atom is 0.282 e. The first-order chi connectivity index (χ1) is 13.5. The van der Waals surface area contributed by atoms with Crippen LogP contribution in [0.2, 0.25) is 5.02 Å². The molecule has 6 heteroatoms. The number of benzene rings is 2. The van der Waals surface area contributed by atoms with Crippen molar-refractivity contribution in [2.24, 2.45) is 0 Å². The summed E-state index contributed by atoms with van der Waals surface area (Å²) in [5.41, 5.74) is 2.82. The molecule has 28 heavy (non-hydrogen) atoms. The molecule has 150 valence electrons. The van der Waals surface area contributed by atoms with Gasteiger partial charge in [0.2, 0.25) is 0 Å². The first-order valence-electron chi connectivity index (χ1n) is 9.88. The predicted molar refractivity (Wildman–Crippen MR) is 115 cm³/mol. The molecule has 1 aliphatic heterocycles. The number of amides is 1. The van der Waals surface area contributed by atoms with E-state index in [2.05, 4.69) is 16.3 Å². The van der Waals surface area contributed by atoms with Crippen LogP contribution in [0.25, 0.3) is 0 Å². The number of anilines is 2. The van der Waals surface area contributed by atoms with Crippen LogP contribution in [0.5, 0.6) is 5.75 Å². The molecular weight excluding hydrogens is 374 g/mol. The molecule has 1 fully saturated rings. The summed E-state index contributed by atoms with van der Waals surface area (Å²) in [4.78, 5) is 16.4. The Hall–Kier alpha value is -2.24. The molecule has 2 N–H and O–H groups in total. The van der Waals surface area contributed by atoms with Gasteiger partial charge in [0, 0.05) is 10.7 Å². The summed E-state index contributed by atoms with van der Waals surface area (Å²) >= 11 is 6.16. The molecule has 3 rings (SSSR count). The maximum absolute atomic E-state index is 12.8. The number of piperazine rings is 1. The lowest BCUT2D eigenvalue weighted by Crippen LogP contribution is -3.19. The first kappa shape index (κ1) is 20.5. The zero-order valence-corrected chi connectivity index (χ0v) is 17.6. The van der Waals surface area contributed by atoms with Crippen LogP contribution in [0.15, 0.2) is 42.5 Å². The van der Waals surface area contributed by atoms with Crippen LogP contribution in [0, 0.1) is 6.92 Å². The van der Waals surface area contributed by atoms with Crippen molar-refractivity contribution in [3.05, 3.63) is 53.1 Å². The van der Waals surface area contributed by atoms with Crippen LogP contribution in [-0.4, -0.2) is 44.7 Å². The largest absolute Gasteiger partial charge is 0.492 e. The Morgan fingerprint density at radius 3 is 2.64 bits per heavy atom. The Morgan fingerprint density at radius 1 is 1.21 bits per heavy atom. The highest BCUT2D eigenvalue weighted by atomic mass is 35.5. The Balaban J connectivity index is 1.60. The summed E-state index contributed by atoms with van der Waals surface area (Å²) in [6.45, 7) is 10.2. The lowest BCUT2D eigenvalue weighted by molar-refractivity contribution is -0.914. The van der Waals surface area contributed by atoms with Crippen molar-refractivity contribution in [2.45, 2.75) is 26.8 Å². The first-order valence-corrected chi connectivity index (χ1v) is 10.3. The minimum Gasteiger partial charge on any atom is -0.492 e. The molecule has 5 nitrogen and oxygen atoms in total. The average molecular weight is 403 g/mol. The molecule has 0 aromatic heterocycles. The highest BCUT2D eigenvalue weighted by Crippen LogP contribution is 2.28. The Morgan fingerprint density at radius 2 is 1.93 bits per heavy atom. The van der Waals surface area contributed by atoms with Crippen molar-refractivity contribution in [2.75, 3.05) is 43.0 Å². The number of nitrogens with one attached hydrogen (secondary N) is 2. The smallest absolute Gasteiger partial charge is 0.282 e. The molecule has 0 aliphatic carbocycles. The number of carbonyl (C=O) groups excluding carboxylic acids is 1. The van der Waals surface area contributed by atoms with Gasteiger partial charge in [0.15, 0.2) is 6.04 Å². The lowest BCUT2D eigenvalue weighted by Gasteiger charge is -2.36. The number of hydrogen-bond donors (Lipinski definition) is 2. The summed E-state index contributed by atoms with van der Waals surface area (Å²) in [5, 5.41) is 3.71. The third-order valence-electron chi connectivity index (χ3n) is 5.44. The quantitative estimate of drug-likeness (QED) is 0.781. The molecular formula is C22H29ClN3O2+. The van der Waals surface area contributed by atoms with Crippen molar-refractivity contribution < 1.29 is 14.4 Å². The summed E-state index contributed by atoms with van der Waals surface area (Å²) in [6, 6.07) is 13.6. The molecule has 0 unspecified atom stereocenters. The summed E-state index contributed by atoms with van der Waals surface area (Å²) in [5.74, 6) is 0.958. The second-order valence-electron chi connectivity index (χ2n) is 7.17. The van der Waals surface area contributed by atoms with Crippen molar-refractivity contribution in [1.29, 1.82) is 0 Å². The van der Waals surface area contributed by atoms with Gasteiger partial charge in [-0.3, -0.25) is 4.79 Å². The van der Waals surface area contributed by atoms with E-state index < -0.39 is 0 Å². The Kier molecular flexibility index (Phi) is 6.81. The number of quaternary nitrogens is 1. The fraction of sp³-hybridized carbons (Fsp3) is 0.409. The van der Waals surface area contributed by atoms with Gasteiger partial charge in [-0.2, -0.15) is 0 Å². The van der Waals surface area contributed by atoms with Gasteiger partial charge in [-0.05, 0) is 50.6 Å². The van der Waals surface area contributed by atoms with Crippen LogP contribution in [0.1, 0.15) is 19.4 Å². The third-order valence-corrected chi connectivity index (χ3v) is 5.85. The zero-order chi connectivity index (χ0) is 20.1. The number of rotatable bonds is 6. The van der Waals surface area contributed by atoms with Gasteiger partial charge in [-0.25, -0.2) is 0 Å². The lowest BCUT2D eigenvalue weighted by atomic mass is 10.1. The predicted octanol–water partition coefficient (Wildman–Crippen LogP) is 2.78. The van der Waals surface area contributed by atoms with Crippen LogP contribution in [0.3, 0.4) is 0 Å². The topological polar surface area (TPSA) is 46.0 Å². The van der Waals surface area contributed by atoms with Gasteiger partial charge >= 0.3 is 0 Å². The second kappa shape index (κ2) is 9.30. The molecule has 1 aliphatic rings. The van der Waals surface area contributed by atoms with Crippen molar-refractivity contribution >= 4 is 28.9 Å². The van der Waals surface area contributed by atoms with E-state index >= 15 is 0 Å². The Bertz CT molecular complexity index is 819. The third kappa shape index (κ3) is 4.59. The number of para-hydroxylation sites is 2. The molecule has 0 saturated carbocycles. The zero-order valence-electron chi connectivity index (χ0n) is 16.8. The van der Waals surface area contributed by atoms with Gasteiger partial charge in [-0.1, -0.05) is 29.8 Å². The molecule has 2 aromatic carbocycles. The number of halogens is 1. The number of nitrogens with zero attached hydrogens (tertiary/aromatic N) is 1. The normalized spacial score (nSPS) is 15.9. The van der Waals surface area contributed by atoms with Crippen LogP contribution in [0.4, 0.5) is 11.4 Å². The molecule has 1 saturated heterocycles. The molecule has 1 amide bonds. The van der Waals surface area contributed by atoms with Crippen molar-refractivity contribution in [3.63, 3.8) is 0 Å². The Labute approximate surface area is 172 Å². The van der Waals surface area contributed by atoms with Crippen molar-refractivity contribution in [1.82, 2.24) is 0 Å². The van der Waals surface area contributed by atoms with Gasteiger partial charge in [0.1, 0.15) is 5.75 Å². The number of carbonyl (C=O) groups is 1. The van der Waals surface area contributed by atoms with E-state index in [0.29, 0.717) is 11.6 Å². The van der Waals surface area contributed by atoms with E-state index in [1.165, 1.54) is 4.90 Å². The van der Waals surface area contributed by atoms with E-state index in [4.69, 9.17) is 16.3 Å². The maximum atomic E-state index is 12.8. The van der Waals surface area contributed by atoms with E-state index in [1.54, 1.807) is 0 Å². The fourth-order valence-electron chi connectivity index (χ4n) is 3.63. The highest BCUT2D eigenvalue weighted by molar-refractivity contribution is 6.31. The number of hydrogen-bond acceptors (Lipinski definition) is 3. The fourth-order valence-corrected chi connectivity index (χ4v) is 3.81. The average Bonchev–Trinajstić information content (AvgIpc) is 2.71. The summed E-state index contributed by atoms with van der Waals surface area (Å²) in [7, 11) is 0. The van der Waals surface area contributed by atoms with E-state index in [-0.39, 0.29) is 11.9 Å². The second-order valence-corrected chi connectivity index (χ2v) is 7.58. The van der Waals surface area contributed by atoms with Crippen molar-refractivity contribution in [3.8, 4) is 5.75 Å². The van der Waals surface area contributed by atoms with E-state index in [1.807, 2.05) is 57.2 Å². The van der Waals surface area contributed by atoms with E-state index in [9.17, 15) is 4.79 Å². The summed E-state index contributed by atoms with van der Waals surface area (Å²) in [6.07, 6.45) is 0. The van der Waals surface area contributed by atoms with Gasteiger partial charge < -0.3 is 19.9 Å². The monoisotopic (exact) mass is 402 g/mol. The highest BCUT2D eigenvalue weighted by Gasteiger charge is 2.30. The number of ether oxygens (including phenoxy) is 1. The molecule has 2 aromatic rings. The summed E-state index contributed by atoms with van der Waals surface area (Å²) < 4.78 is 5.77. The van der Waals surface area contributed by atoms with Gasteiger partial charge in [0.25, 0.3) is 5.91 Å². The van der Waals surface area contributed by atoms with Gasteiger partial charge in [-0.15, -0.1) is 0 Å².